The number of phenolic OH excluding ortho intramolecular Hbond substituents is 1. The molecule has 2 rings (SSSR count). The van der Waals surface area contributed by atoms with Gasteiger partial charge in [-0.2, -0.15) is 0 Å². The summed E-state index contributed by atoms with van der Waals surface area (Å²) in [7, 11) is 0. The second kappa shape index (κ2) is 6.38. The van der Waals surface area contributed by atoms with E-state index < -0.39 is 11.6 Å². The highest BCUT2D eigenvalue weighted by molar-refractivity contribution is 5.93. The molecule has 0 fully saturated rings. The van der Waals surface area contributed by atoms with Gasteiger partial charge in [0.2, 0.25) is 0 Å². The fourth-order valence-corrected chi connectivity index (χ4v) is 2.09. The summed E-state index contributed by atoms with van der Waals surface area (Å²) in [5, 5.41) is 10.5. The molecule has 0 saturated heterocycles. The molecule has 0 heterocycles. The highest BCUT2D eigenvalue weighted by atomic mass is 19.2. The molecular formula is C17H18F2O. The second-order valence-corrected chi connectivity index (χ2v) is 4.48. The molecule has 0 radical (unpaired) electrons. The lowest BCUT2D eigenvalue weighted by molar-refractivity contribution is 0.474. The van der Waals surface area contributed by atoms with Crippen molar-refractivity contribution in [2.24, 2.45) is 0 Å². The maximum atomic E-state index is 13.7. The lowest BCUT2D eigenvalue weighted by Gasteiger charge is -2.13. The molecule has 0 atom stereocenters. The van der Waals surface area contributed by atoms with E-state index in [1.165, 1.54) is 12.1 Å². The van der Waals surface area contributed by atoms with Crippen LogP contribution in [0.4, 0.5) is 8.78 Å². The van der Waals surface area contributed by atoms with Crippen molar-refractivity contribution in [3.63, 3.8) is 0 Å². The molecule has 0 aliphatic heterocycles. The zero-order valence-electron chi connectivity index (χ0n) is 12.1. The number of phenols is 1. The van der Waals surface area contributed by atoms with E-state index in [0.717, 1.165) is 6.07 Å². The summed E-state index contributed by atoms with van der Waals surface area (Å²) in [6, 6.07) is 3.97. The number of terminal acetylenes is 1. The van der Waals surface area contributed by atoms with Crippen LogP contribution in [-0.2, 0) is 0 Å². The molecule has 0 bridgehead atoms. The molecule has 0 spiro atoms. The lowest BCUT2D eigenvalue weighted by atomic mass is 9.92. The van der Waals surface area contributed by atoms with Crippen LogP contribution in [0.3, 0.4) is 0 Å². The first-order valence-electron chi connectivity index (χ1n) is 6.57. The van der Waals surface area contributed by atoms with Crippen molar-refractivity contribution < 1.29 is 13.9 Å². The van der Waals surface area contributed by atoms with Crippen LogP contribution in [0.5, 0.6) is 5.75 Å². The molecule has 20 heavy (non-hydrogen) atoms. The van der Waals surface area contributed by atoms with E-state index in [9.17, 15) is 13.9 Å². The van der Waals surface area contributed by atoms with E-state index in [1.807, 2.05) is 27.7 Å². The molecule has 3 heteroatoms. The van der Waals surface area contributed by atoms with Crippen LogP contribution in [-0.4, -0.2) is 5.11 Å². The molecule has 0 aromatic heterocycles. The second-order valence-electron chi connectivity index (χ2n) is 4.48. The van der Waals surface area contributed by atoms with Gasteiger partial charge in [0.05, 0.1) is 5.56 Å². The average molecular weight is 276 g/mol. The van der Waals surface area contributed by atoms with Crippen molar-refractivity contribution in [3.05, 3.63) is 41.0 Å². The third-order valence-electron chi connectivity index (χ3n) is 2.91. The van der Waals surface area contributed by atoms with Crippen molar-refractivity contribution in [3.8, 4) is 18.1 Å². The molecule has 0 aliphatic carbocycles. The quantitative estimate of drug-likeness (QED) is 0.730. The Hall–Kier alpha value is -2.08. The summed E-state index contributed by atoms with van der Waals surface area (Å²) in [5.74, 6) is 0.230. The van der Waals surface area contributed by atoms with Crippen molar-refractivity contribution >= 4 is 10.8 Å². The average Bonchev–Trinajstić information content (AvgIpc) is 2.42. The zero-order chi connectivity index (χ0) is 15.4. The standard InChI is InChI=1S/C15H12F2O.C2H6/c1-4-11-14-9(6-13(16)15(11)17)5-10(18)7-12(14)8(2)3;1-2/h1,5-8,18H,2-3H3;1-2H3. The van der Waals surface area contributed by atoms with Crippen LogP contribution in [0.15, 0.2) is 18.2 Å². The molecule has 0 saturated carbocycles. The minimum Gasteiger partial charge on any atom is -0.508 e. The van der Waals surface area contributed by atoms with Gasteiger partial charge in [0.25, 0.3) is 0 Å². The van der Waals surface area contributed by atoms with E-state index in [1.54, 1.807) is 0 Å². The first kappa shape index (κ1) is 16.0. The fraction of sp³-hybridized carbons (Fsp3) is 0.294. The molecule has 0 aliphatic rings. The number of hydrogen-bond donors (Lipinski definition) is 1. The number of benzene rings is 2. The van der Waals surface area contributed by atoms with Crippen LogP contribution in [0.25, 0.3) is 10.8 Å². The zero-order valence-corrected chi connectivity index (χ0v) is 12.1. The van der Waals surface area contributed by atoms with Gasteiger partial charge in [0, 0.05) is 5.39 Å². The van der Waals surface area contributed by atoms with E-state index in [-0.39, 0.29) is 17.2 Å². The van der Waals surface area contributed by atoms with Gasteiger partial charge in [-0.25, -0.2) is 8.78 Å². The molecule has 0 unspecified atom stereocenters. The largest absolute Gasteiger partial charge is 0.508 e. The van der Waals surface area contributed by atoms with Gasteiger partial charge in [0.15, 0.2) is 11.6 Å². The SMILES string of the molecule is C#Cc1c(F)c(F)cc2cc(O)cc(C(C)C)c12.CC. The monoisotopic (exact) mass is 276 g/mol. The molecule has 106 valence electrons. The maximum Gasteiger partial charge on any atom is 0.175 e. The molecule has 0 amide bonds. The number of rotatable bonds is 1. The molecular weight excluding hydrogens is 258 g/mol. The maximum absolute atomic E-state index is 13.7. The Morgan fingerprint density at radius 1 is 1.15 bits per heavy atom. The van der Waals surface area contributed by atoms with Gasteiger partial charge in [-0.1, -0.05) is 33.6 Å². The van der Waals surface area contributed by atoms with Crippen LogP contribution in [0.2, 0.25) is 0 Å². The van der Waals surface area contributed by atoms with E-state index in [4.69, 9.17) is 6.42 Å². The fourth-order valence-electron chi connectivity index (χ4n) is 2.09. The topological polar surface area (TPSA) is 20.2 Å². The third kappa shape index (κ3) is 2.75. The summed E-state index contributed by atoms with van der Waals surface area (Å²) in [4.78, 5) is 0. The van der Waals surface area contributed by atoms with Crippen LogP contribution >= 0.6 is 0 Å². The first-order valence-corrected chi connectivity index (χ1v) is 6.57. The van der Waals surface area contributed by atoms with Gasteiger partial charge >= 0.3 is 0 Å². The van der Waals surface area contributed by atoms with E-state index in [0.29, 0.717) is 16.3 Å². The lowest BCUT2D eigenvalue weighted by Crippen LogP contribution is -1.97. The smallest absolute Gasteiger partial charge is 0.175 e. The predicted octanol–water partition coefficient (Wildman–Crippen LogP) is 4.95. The highest BCUT2D eigenvalue weighted by Gasteiger charge is 2.17. The van der Waals surface area contributed by atoms with Gasteiger partial charge in [0.1, 0.15) is 5.75 Å². The summed E-state index contributed by atoms with van der Waals surface area (Å²) < 4.78 is 27.1. The van der Waals surface area contributed by atoms with E-state index in [2.05, 4.69) is 5.92 Å². The van der Waals surface area contributed by atoms with Crippen molar-refractivity contribution in [1.29, 1.82) is 0 Å². The third-order valence-corrected chi connectivity index (χ3v) is 2.91. The Morgan fingerprint density at radius 2 is 1.75 bits per heavy atom. The summed E-state index contributed by atoms with van der Waals surface area (Å²) in [5.41, 5.74) is 0.616. The van der Waals surface area contributed by atoms with Gasteiger partial charge in [-0.3, -0.25) is 0 Å². The van der Waals surface area contributed by atoms with Gasteiger partial charge < -0.3 is 5.11 Å². The Kier molecular flexibility index (Phi) is 5.10. The highest BCUT2D eigenvalue weighted by Crippen LogP contribution is 2.34. The number of hydrogen-bond acceptors (Lipinski definition) is 1. The van der Waals surface area contributed by atoms with E-state index >= 15 is 0 Å². The number of halogens is 2. The molecule has 1 N–H and O–H groups in total. The Labute approximate surface area is 118 Å². The summed E-state index contributed by atoms with van der Waals surface area (Å²) >= 11 is 0. The number of fused-ring (bicyclic) bond motifs is 1. The summed E-state index contributed by atoms with van der Waals surface area (Å²) in [6.07, 6.45) is 5.27. The van der Waals surface area contributed by atoms with Crippen LogP contribution in [0, 0.1) is 24.0 Å². The normalized spacial score (nSPS) is 10.1. The van der Waals surface area contributed by atoms with Gasteiger partial charge in [-0.05, 0) is 35.1 Å². The van der Waals surface area contributed by atoms with Crippen molar-refractivity contribution in [2.75, 3.05) is 0 Å². The Morgan fingerprint density at radius 3 is 2.25 bits per heavy atom. The Balaban J connectivity index is 0.000000956. The van der Waals surface area contributed by atoms with Crippen LogP contribution < -0.4 is 0 Å². The van der Waals surface area contributed by atoms with Crippen molar-refractivity contribution in [2.45, 2.75) is 33.6 Å². The van der Waals surface area contributed by atoms with Crippen molar-refractivity contribution in [1.82, 2.24) is 0 Å². The minimum absolute atomic E-state index is 0.0141. The predicted molar refractivity (Wildman–Crippen MR) is 78.9 cm³/mol. The van der Waals surface area contributed by atoms with Crippen LogP contribution in [0.1, 0.15) is 44.7 Å². The molecule has 2 aromatic rings. The molecule has 1 nitrogen and oxygen atoms in total. The minimum atomic E-state index is -1.02. The van der Waals surface area contributed by atoms with Gasteiger partial charge in [-0.15, -0.1) is 6.42 Å². The molecule has 2 aromatic carbocycles. The summed E-state index contributed by atoms with van der Waals surface area (Å²) in [6.45, 7) is 7.80. The number of aromatic hydroxyl groups is 1. The Bertz CT molecular complexity index is 667. The first-order chi connectivity index (χ1) is 9.45.